The first-order valence-electron chi connectivity index (χ1n) is 5.53. The third-order valence-corrected chi connectivity index (χ3v) is 2.53. The van der Waals surface area contributed by atoms with Crippen LogP contribution in [-0.4, -0.2) is 6.54 Å². The fourth-order valence-corrected chi connectivity index (χ4v) is 1.59. The summed E-state index contributed by atoms with van der Waals surface area (Å²) in [5, 5.41) is 2.94. The zero-order valence-electron chi connectivity index (χ0n) is 9.55. The molecule has 0 unspecified atom stereocenters. The number of hydrogen-bond acceptors (Lipinski definition) is 2. The van der Waals surface area contributed by atoms with Crippen molar-refractivity contribution in [3.63, 3.8) is 0 Å². The number of furan rings is 1. The van der Waals surface area contributed by atoms with Crippen LogP contribution in [-0.2, 0) is 13.0 Å². The summed E-state index contributed by atoms with van der Waals surface area (Å²) in [7, 11) is 0. The second kappa shape index (κ2) is 5.73. The minimum Gasteiger partial charge on any atom is -0.469 e. The van der Waals surface area contributed by atoms with Gasteiger partial charge in [-0.2, -0.15) is 0 Å². The van der Waals surface area contributed by atoms with Crippen LogP contribution in [0.25, 0.3) is 0 Å². The van der Waals surface area contributed by atoms with Crippen LogP contribution in [0.5, 0.6) is 0 Å². The van der Waals surface area contributed by atoms with Crippen molar-refractivity contribution in [2.45, 2.75) is 13.0 Å². The van der Waals surface area contributed by atoms with E-state index < -0.39 is 17.5 Å². The van der Waals surface area contributed by atoms with Gasteiger partial charge < -0.3 is 9.73 Å². The van der Waals surface area contributed by atoms with Crippen LogP contribution in [0, 0.1) is 17.5 Å². The maximum atomic E-state index is 13.3. The van der Waals surface area contributed by atoms with Gasteiger partial charge in [-0.15, -0.1) is 0 Å². The van der Waals surface area contributed by atoms with Gasteiger partial charge in [0.15, 0.2) is 11.6 Å². The number of rotatable bonds is 5. The molecule has 0 saturated heterocycles. The molecule has 0 atom stereocenters. The summed E-state index contributed by atoms with van der Waals surface area (Å²) in [6, 6.07) is 5.04. The van der Waals surface area contributed by atoms with Gasteiger partial charge in [0.25, 0.3) is 0 Å². The van der Waals surface area contributed by atoms with E-state index in [-0.39, 0.29) is 12.1 Å². The Morgan fingerprint density at radius 2 is 1.83 bits per heavy atom. The molecule has 18 heavy (non-hydrogen) atoms. The topological polar surface area (TPSA) is 25.2 Å². The molecule has 2 rings (SSSR count). The lowest BCUT2D eigenvalue weighted by Crippen LogP contribution is -2.17. The van der Waals surface area contributed by atoms with E-state index in [9.17, 15) is 13.2 Å². The van der Waals surface area contributed by atoms with E-state index in [1.807, 2.05) is 6.07 Å². The van der Waals surface area contributed by atoms with E-state index in [1.54, 1.807) is 12.3 Å². The molecule has 1 aromatic carbocycles. The molecule has 1 heterocycles. The third-order valence-electron chi connectivity index (χ3n) is 2.53. The standard InChI is InChI=1S/C13H12F3NO/c14-11-7-13(16)12(15)6-9(11)8-17-4-3-10-2-1-5-18-10/h1-2,5-7,17H,3-4,8H2. The summed E-state index contributed by atoms with van der Waals surface area (Å²) in [6.07, 6.45) is 2.22. The number of benzene rings is 1. The van der Waals surface area contributed by atoms with Crippen molar-refractivity contribution in [2.75, 3.05) is 6.54 Å². The van der Waals surface area contributed by atoms with Crippen molar-refractivity contribution in [1.29, 1.82) is 0 Å². The van der Waals surface area contributed by atoms with Crippen molar-refractivity contribution in [3.05, 3.63) is 59.3 Å². The highest BCUT2D eigenvalue weighted by Crippen LogP contribution is 2.13. The van der Waals surface area contributed by atoms with Gasteiger partial charge in [0.2, 0.25) is 0 Å². The Morgan fingerprint density at radius 3 is 2.56 bits per heavy atom. The molecule has 0 spiro atoms. The van der Waals surface area contributed by atoms with E-state index in [4.69, 9.17) is 4.42 Å². The van der Waals surface area contributed by atoms with Gasteiger partial charge in [0.05, 0.1) is 6.26 Å². The molecular formula is C13H12F3NO. The molecule has 5 heteroatoms. The number of nitrogens with one attached hydrogen (secondary N) is 1. The van der Waals surface area contributed by atoms with Crippen molar-refractivity contribution in [2.24, 2.45) is 0 Å². The second-order valence-corrected chi connectivity index (χ2v) is 3.86. The number of hydrogen-bond donors (Lipinski definition) is 1. The van der Waals surface area contributed by atoms with Crippen molar-refractivity contribution >= 4 is 0 Å². The molecule has 0 radical (unpaired) electrons. The van der Waals surface area contributed by atoms with Crippen LogP contribution in [0.1, 0.15) is 11.3 Å². The average Bonchev–Trinajstić information content (AvgIpc) is 2.84. The Hall–Kier alpha value is -1.75. The molecule has 0 aliphatic rings. The van der Waals surface area contributed by atoms with E-state index in [0.717, 1.165) is 11.8 Å². The summed E-state index contributed by atoms with van der Waals surface area (Å²) >= 11 is 0. The third kappa shape index (κ3) is 3.13. The highest BCUT2D eigenvalue weighted by atomic mass is 19.2. The van der Waals surface area contributed by atoms with Gasteiger partial charge in [0, 0.05) is 31.1 Å². The molecule has 0 aliphatic heterocycles. The Morgan fingerprint density at radius 1 is 1.06 bits per heavy atom. The highest BCUT2D eigenvalue weighted by Gasteiger charge is 2.09. The van der Waals surface area contributed by atoms with E-state index >= 15 is 0 Å². The molecule has 1 N–H and O–H groups in total. The molecule has 0 amide bonds. The summed E-state index contributed by atoms with van der Waals surface area (Å²) in [6.45, 7) is 0.704. The fourth-order valence-electron chi connectivity index (χ4n) is 1.59. The summed E-state index contributed by atoms with van der Waals surface area (Å²) in [4.78, 5) is 0. The molecule has 0 bridgehead atoms. The lowest BCUT2D eigenvalue weighted by atomic mass is 10.2. The summed E-state index contributed by atoms with van der Waals surface area (Å²) in [5.74, 6) is -2.15. The number of halogens is 3. The van der Waals surface area contributed by atoms with Gasteiger partial charge >= 0.3 is 0 Å². The first-order valence-corrected chi connectivity index (χ1v) is 5.53. The molecule has 0 saturated carbocycles. The highest BCUT2D eigenvalue weighted by molar-refractivity contribution is 5.19. The van der Waals surface area contributed by atoms with Gasteiger partial charge in [-0.1, -0.05) is 0 Å². The molecule has 96 valence electrons. The Labute approximate surface area is 102 Å². The zero-order valence-corrected chi connectivity index (χ0v) is 9.55. The van der Waals surface area contributed by atoms with Crippen molar-refractivity contribution < 1.29 is 17.6 Å². The van der Waals surface area contributed by atoms with E-state index in [0.29, 0.717) is 19.0 Å². The molecule has 0 fully saturated rings. The predicted molar refractivity (Wildman–Crippen MR) is 60.4 cm³/mol. The van der Waals surface area contributed by atoms with E-state index in [1.165, 1.54) is 0 Å². The van der Waals surface area contributed by atoms with Gasteiger partial charge in [-0.25, -0.2) is 13.2 Å². The lowest BCUT2D eigenvalue weighted by Gasteiger charge is -2.06. The van der Waals surface area contributed by atoms with Gasteiger partial charge in [-0.3, -0.25) is 0 Å². The van der Waals surface area contributed by atoms with E-state index in [2.05, 4.69) is 5.32 Å². The maximum Gasteiger partial charge on any atom is 0.161 e. The van der Waals surface area contributed by atoms with Crippen LogP contribution in [0.15, 0.2) is 34.9 Å². The Bertz CT molecular complexity index is 511. The molecular weight excluding hydrogens is 243 g/mol. The first-order chi connectivity index (χ1) is 8.66. The SMILES string of the molecule is Fc1cc(F)c(CNCCc2ccco2)cc1F. The van der Waals surface area contributed by atoms with Gasteiger partial charge in [0.1, 0.15) is 11.6 Å². The Balaban J connectivity index is 1.85. The summed E-state index contributed by atoms with van der Waals surface area (Å²) < 4.78 is 44.0. The van der Waals surface area contributed by atoms with Crippen LogP contribution in [0.3, 0.4) is 0 Å². The minimum atomic E-state index is -1.17. The predicted octanol–water partition coefficient (Wildman–Crippen LogP) is 3.03. The zero-order chi connectivity index (χ0) is 13.0. The fraction of sp³-hybridized carbons (Fsp3) is 0.231. The minimum absolute atomic E-state index is 0.105. The second-order valence-electron chi connectivity index (χ2n) is 3.86. The van der Waals surface area contributed by atoms with Crippen molar-refractivity contribution in [3.8, 4) is 0 Å². The van der Waals surface area contributed by atoms with Crippen LogP contribution in [0.4, 0.5) is 13.2 Å². The Kier molecular flexibility index (Phi) is 4.04. The molecule has 2 aromatic rings. The molecule has 1 aromatic heterocycles. The normalized spacial score (nSPS) is 10.8. The largest absolute Gasteiger partial charge is 0.469 e. The van der Waals surface area contributed by atoms with Crippen LogP contribution >= 0.6 is 0 Å². The average molecular weight is 255 g/mol. The lowest BCUT2D eigenvalue weighted by molar-refractivity contribution is 0.482. The maximum absolute atomic E-state index is 13.3. The van der Waals surface area contributed by atoms with Crippen molar-refractivity contribution in [1.82, 2.24) is 5.32 Å². The molecule has 0 aliphatic carbocycles. The monoisotopic (exact) mass is 255 g/mol. The molecule has 2 nitrogen and oxygen atoms in total. The quantitative estimate of drug-likeness (QED) is 0.656. The summed E-state index contributed by atoms with van der Waals surface area (Å²) in [5.41, 5.74) is 0.105. The first kappa shape index (κ1) is 12.7. The van der Waals surface area contributed by atoms with Crippen LogP contribution < -0.4 is 5.32 Å². The van der Waals surface area contributed by atoms with Gasteiger partial charge in [-0.05, 0) is 18.2 Å². The van der Waals surface area contributed by atoms with Crippen LogP contribution in [0.2, 0.25) is 0 Å². The smallest absolute Gasteiger partial charge is 0.161 e.